The number of thioether (sulfide) groups is 1. The molecule has 0 saturated heterocycles. The van der Waals surface area contributed by atoms with Crippen molar-refractivity contribution in [3.05, 3.63) is 0 Å². The molecule has 104 valence electrons. The van der Waals surface area contributed by atoms with Gasteiger partial charge in [-0.2, -0.15) is 0 Å². The van der Waals surface area contributed by atoms with Crippen LogP contribution in [0.5, 0.6) is 0 Å². The van der Waals surface area contributed by atoms with E-state index in [1.54, 1.807) is 11.8 Å². The molecule has 3 heteroatoms. The van der Waals surface area contributed by atoms with Crippen molar-refractivity contribution in [2.75, 3.05) is 5.75 Å². The normalized spacial score (nSPS) is 25.7. The quantitative estimate of drug-likeness (QED) is 0.826. The highest BCUT2D eigenvalue weighted by atomic mass is 32.2. The molecule has 0 aromatic heterocycles. The largest absolute Gasteiger partial charge is 0.480 e. The fourth-order valence-corrected chi connectivity index (χ4v) is 5.23. The molecular weight excluding hydrogens is 244 g/mol. The van der Waals surface area contributed by atoms with Crippen molar-refractivity contribution in [1.29, 1.82) is 0 Å². The fourth-order valence-electron chi connectivity index (χ4n) is 3.63. The topological polar surface area (TPSA) is 37.3 Å². The molecule has 1 N–H and O–H groups in total. The van der Waals surface area contributed by atoms with Crippen LogP contribution in [0.1, 0.15) is 65.2 Å². The zero-order valence-corrected chi connectivity index (χ0v) is 12.5. The summed E-state index contributed by atoms with van der Waals surface area (Å²) < 4.78 is -0.450. The lowest BCUT2D eigenvalue weighted by Crippen LogP contribution is -2.54. The van der Waals surface area contributed by atoms with Crippen LogP contribution in [0, 0.1) is 11.3 Å². The molecule has 0 amide bonds. The molecule has 0 unspecified atom stereocenters. The van der Waals surface area contributed by atoms with E-state index in [4.69, 9.17) is 0 Å². The second kappa shape index (κ2) is 5.44. The smallest absolute Gasteiger partial charge is 0.319 e. The molecule has 0 aromatic carbocycles. The van der Waals surface area contributed by atoms with Crippen molar-refractivity contribution in [3.63, 3.8) is 0 Å². The number of hydrogen-bond acceptors (Lipinski definition) is 2. The van der Waals surface area contributed by atoms with Crippen molar-refractivity contribution < 1.29 is 9.90 Å². The van der Waals surface area contributed by atoms with Gasteiger partial charge in [0.2, 0.25) is 0 Å². The van der Waals surface area contributed by atoms with Gasteiger partial charge < -0.3 is 5.11 Å². The molecule has 0 heterocycles. The first-order valence-electron chi connectivity index (χ1n) is 7.35. The van der Waals surface area contributed by atoms with Gasteiger partial charge in [0.05, 0.1) is 0 Å². The average Bonchev–Trinajstić information content (AvgIpc) is 2.49. The number of rotatable bonds is 4. The van der Waals surface area contributed by atoms with Gasteiger partial charge in [0, 0.05) is 0 Å². The summed E-state index contributed by atoms with van der Waals surface area (Å²) in [5.41, 5.74) is 0.388. The van der Waals surface area contributed by atoms with Crippen LogP contribution >= 0.6 is 11.8 Å². The summed E-state index contributed by atoms with van der Waals surface area (Å²) in [4.78, 5) is 11.6. The number of hydrogen-bond donors (Lipinski definition) is 1. The van der Waals surface area contributed by atoms with E-state index < -0.39 is 10.7 Å². The molecule has 0 aliphatic heterocycles. The van der Waals surface area contributed by atoms with E-state index in [-0.39, 0.29) is 0 Å². The predicted octanol–water partition coefficient (Wildman–Crippen LogP) is 4.33. The molecule has 2 aliphatic rings. The Kier molecular flexibility index (Phi) is 4.30. The molecule has 2 rings (SSSR count). The van der Waals surface area contributed by atoms with Gasteiger partial charge in [0.15, 0.2) is 0 Å². The lowest BCUT2D eigenvalue weighted by atomic mass is 9.58. The van der Waals surface area contributed by atoms with E-state index in [1.807, 2.05) is 0 Å². The Bertz CT molecular complexity index is 296. The highest BCUT2D eigenvalue weighted by Crippen LogP contribution is 2.61. The molecule has 18 heavy (non-hydrogen) atoms. The van der Waals surface area contributed by atoms with Gasteiger partial charge in [-0.25, -0.2) is 0 Å². The molecule has 0 atom stereocenters. The van der Waals surface area contributed by atoms with E-state index in [2.05, 4.69) is 13.8 Å². The number of carboxylic acids is 1. The minimum absolute atomic E-state index is 0.388. The van der Waals surface area contributed by atoms with Crippen molar-refractivity contribution in [2.45, 2.75) is 70.0 Å². The SMILES string of the molecule is CC(C)CSC1(C(=O)O)CC2(CCCCCC2)C1. The summed E-state index contributed by atoms with van der Waals surface area (Å²) in [5.74, 6) is 0.988. The molecule has 2 aliphatic carbocycles. The Morgan fingerprint density at radius 3 is 2.17 bits per heavy atom. The third kappa shape index (κ3) is 2.87. The summed E-state index contributed by atoms with van der Waals surface area (Å²) in [5, 5.41) is 9.56. The van der Waals surface area contributed by atoms with Gasteiger partial charge in [0.1, 0.15) is 4.75 Å². The number of carboxylic acid groups (broad SMARTS) is 1. The van der Waals surface area contributed by atoms with Crippen LogP contribution in [0.2, 0.25) is 0 Å². The lowest BCUT2D eigenvalue weighted by molar-refractivity contribution is -0.147. The van der Waals surface area contributed by atoms with Crippen LogP contribution in [0.4, 0.5) is 0 Å². The first kappa shape index (κ1) is 14.2. The second-order valence-electron chi connectivity index (χ2n) is 6.77. The Balaban J connectivity index is 1.97. The first-order valence-corrected chi connectivity index (χ1v) is 8.34. The summed E-state index contributed by atoms with van der Waals surface area (Å²) in [6.07, 6.45) is 9.70. The molecule has 2 saturated carbocycles. The number of aliphatic carboxylic acids is 1. The standard InChI is InChI=1S/C15H26O2S/c1-12(2)9-18-15(13(16)17)10-14(11-15)7-5-3-4-6-8-14/h12H,3-11H2,1-2H3,(H,16,17). The molecule has 0 radical (unpaired) electrons. The predicted molar refractivity (Wildman–Crippen MR) is 77.0 cm³/mol. The van der Waals surface area contributed by atoms with Gasteiger partial charge in [-0.1, -0.05) is 39.5 Å². The minimum Gasteiger partial charge on any atom is -0.480 e. The minimum atomic E-state index is -0.567. The lowest BCUT2D eigenvalue weighted by Gasteiger charge is -2.54. The third-order valence-corrected chi connectivity index (χ3v) is 6.42. The third-order valence-electron chi connectivity index (χ3n) is 4.57. The Hall–Kier alpha value is -0.180. The molecule has 2 fully saturated rings. The Labute approximate surface area is 115 Å². The van der Waals surface area contributed by atoms with Gasteiger partial charge in [-0.3, -0.25) is 4.79 Å². The van der Waals surface area contributed by atoms with E-state index in [0.717, 1.165) is 18.6 Å². The van der Waals surface area contributed by atoms with Gasteiger partial charge in [-0.05, 0) is 42.8 Å². The van der Waals surface area contributed by atoms with Gasteiger partial charge in [-0.15, -0.1) is 11.8 Å². The van der Waals surface area contributed by atoms with E-state index in [9.17, 15) is 9.90 Å². The van der Waals surface area contributed by atoms with Gasteiger partial charge in [0.25, 0.3) is 0 Å². The fraction of sp³-hybridized carbons (Fsp3) is 0.933. The molecule has 0 bridgehead atoms. The maximum absolute atomic E-state index is 11.6. The molecule has 1 spiro atoms. The molecule has 0 aromatic rings. The maximum atomic E-state index is 11.6. The highest BCUT2D eigenvalue weighted by molar-refractivity contribution is 8.01. The monoisotopic (exact) mass is 270 g/mol. The van der Waals surface area contributed by atoms with Crippen molar-refractivity contribution in [2.24, 2.45) is 11.3 Å². The molecule has 2 nitrogen and oxygen atoms in total. The summed E-state index contributed by atoms with van der Waals surface area (Å²) in [7, 11) is 0. The van der Waals surface area contributed by atoms with Crippen molar-refractivity contribution in [3.8, 4) is 0 Å². The van der Waals surface area contributed by atoms with Crippen LogP contribution < -0.4 is 0 Å². The Morgan fingerprint density at radius 1 is 1.17 bits per heavy atom. The summed E-state index contributed by atoms with van der Waals surface area (Å²) in [6.45, 7) is 4.34. The van der Waals surface area contributed by atoms with E-state index in [0.29, 0.717) is 11.3 Å². The number of carbonyl (C=O) groups is 1. The summed E-state index contributed by atoms with van der Waals surface area (Å²) in [6, 6.07) is 0. The van der Waals surface area contributed by atoms with Gasteiger partial charge >= 0.3 is 5.97 Å². The maximum Gasteiger partial charge on any atom is 0.319 e. The average molecular weight is 270 g/mol. The van der Waals surface area contributed by atoms with E-state index >= 15 is 0 Å². The molecular formula is C15H26O2S. The summed E-state index contributed by atoms with van der Waals surface area (Å²) >= 11 is 1.70. The zero-order chi connectivity index (χ0) is 13.2. The van der Waals surface area contributed by atoms with Crippen molar-refractivity contribution >= 4 is 17.7 Å². The van der Waals surface area contributed by atoms with Crippen molar-refractivity contribution in [1.82, 2.24) is 0 Å². The van der Waals surface area contributed by atoms with Crippen LogP contribution in [0.25, 0.3) is 0 Å². The second-order valence-corrected chi connectivity index (χ2v) is 8.18. The Morgan fingerprint density at radius 2 is 1.72 bits per heavy atom. The first-order chi connectivity index (χ1) is 8.48. The highest BCUT2D eigenvalue weighted by Gasteiger charge is 2.58. The van der Waals surface area contributed by atoms with Crippen LogP contribution in [0.15, 0.2) is 0 Å². The van der Waals surface area contributed by atoms with Crippen LogP contribution in [-0.4, -0.2) is 21.6 Å². The zero-order valence-electron chi connectivity index (χ0n) is 11.7. The van der Waals surface area contributed by atoms with Crippen LogP contribution in [-0.2, 0) is 4.79 Å². The van der Waals surface area contributed by atoms with Crippen LogP contribution in [0.3, 0.4) is 0 Å². The van der Waals surface area contributed by atoms with E-state index in [1.165, 1.54) is 38.5 Å².